The Balaban J connectivity index is 1.76. The van der Waals surface area contributed by atoms with Crippen LogP contribution in [-0.2, 0) is 4.79 Å². The molecular weight excluding hydrogens is 422 g/mol. The summed E-state index contributed by atoms with van der Waals surface area (Å²) in [6.45, 7) is 10.9. The minimum atomic E-state index is -0.746. The molecule has 2 aromatic carbocycles. The first-order valence-corrected chi connectivity index (χ1v) is 11.2. The number of amides is 1. The molecule has 1 N–H and O–H groups in total. The van der Waals surface area contributed by atoms with Gasteiger partial charge in [-0.2, -0.15) is 0 Å². The molecule has 3 rings (SSSR count). The number of aryl methyl sites for hydroxylation is 2. The second kappa shape index (κ2) is 11.4. The Hall–Kier alpha value is -3.55. The lowest BCUT2D eigenvalue weighted by Crippen LogP contribution is -2.30. The molecule has 0 bridgehead atoms. The number of benzene rings is 2. The van der Waals surface area contributed by atoms with E-state index in [1.165, 1.54) is 0 Å². The van der Waals surface area contributed by atoms with Crippen molar-refractivity contribution in [3.8, 4) is 28.5 Å². The Bertz CT molecular complexity index is 1060. The molecule has 0 fully saturated rings. The van der Waals surface area contributed by atoms with Gasteiger partial charge in [-0.25, -0.2) is 4.63 Å². The third-order valence-corrected chi connectivity index (χ3v) is 4.75. The second-order valence-corrected chi connectivity index (χ2v) is 7.89. The van der Waals surface area contributed by atoms with E-state index in [1.54, 1.807) is 6.92 Å². The minimum Gasteiger partial charge on any atom is -0.490 e. The maximum atomic E-state index is 12.8. The zero-order valence-electron chi connectivity index (χ0n) is 19.8. The van der Waals surface area contributed by atoms with Crippen molar-refractivity contribution in [3.63, 3.8) is 0 Å². The Morgan fingerprint density at radius 1 is 0.970 bits per heavy atom. The van der Waals surface area contributed by atoms with E-state index in [2.05, 4.69) is 15.6 Å². The number of rotatable bonds is 11. The van der Waals surface area contributed by atoms with Gasteiger partial charge in [-0.05, 0) is 85.4 Å². The summed E-state index contributed by atoms with van der Waals surface area (Å²) in [6.07, 6.45) is 1.01. The first-order valence-electron chi connectivity index (χ1n) is 11.2. The van der Waals surface area contributed by atoms with Crippen LogP contribution in [0.1, 0.15) is 44.7 Å². The van der Waals surface area contributed by atoms with Crippen LogP contribution in [0.5, 0.6) is 17.2 Å². The molecule has 33 heavy (non-hydrogen) atoms. The molecule has 0 spiro atoms. The Labute approximate surface area is 194 Å². The summed E-state index contributed by atoms with van der Waals surface area (Å²) in [6, 6.07) is 11.3. The highest BCUT2D eigenvalue weighted by atomic mass is 16.6. The highest BCUT2D eigenvalue weighted by Gasteiger charge is 2.21. The van der Waals surface area contributed by atoms with Gasteiger partial charge in [0.15, 0.2) is 23.3 Å². The minimum absolute atomic E-state index is 0.208. The molecule has 1 atom stereocenters. The first-order chi connectivity index (χ1) is 15.9. The number of carbonyl (C=O) groups excluding carboxylic acids is 1. The van der Waals surface area contributed by atoms with E-state index < -0.39 is 6.10 Å². The van der Waals surface area contributed by atoms with Gasteiger partial charge >= 0.3 is 0 Å². The van der Waals surface area contributed by atoms with Crippen LogP contribution in [-0.4, -0.2) is 35.5 Å². The van der Waals surface area contributed by atoms with Crippen LogP contribution in [0.3, 0.4) is 0 Å². The van der Waals surface area contributed by atoms with Gasteiger partial charge in [0.2, 0.25) is 5.82 Å². The van der Waals surface area contributed by atoms with Gasteiger partial charge in [0, 0.05) is 5.56 Å². The molecule has 1 heterocycles. The van der Waals surface area contributed by atoms with Gasteiger partial charge in [0.05, 0.1) is 13.2 Å². The van der Waals surface area contributed by atoms with Crippen LogP contribution in [0.25, 0.3) is 11.3 Å². The summed E-state index contributed by atoms with van der Waals surface area (Å²) in [7, 11) is 0. The van der Waals surface area contributed by atoms with Crippen molar-refractivity contribution in [1.29, 1.82) is 0 Å². The second-order valence-electron chi connectivity index (χ2n) is 7.89. The average Bonchev–Trinajstić information content (AvgIpc) is 3.23. The van der Waals surface area contributed by atoms with Gasteiger partial charge < -0.3 is 19.5 Å². The number of ether oxygens (including phenoxy) is 3. The van der Waals surface area contributed by atoms with Crippen molar-refractivity contribution in [1.82, 2.24) is 10.3 Å². The van der Waals surface area contributed by atoms with Gasteiger partial charge in [-0.1, -0.05) is 19.9 Å². The molecule has 8 heteroatoms. The standard InChI is InChI=1S/C25H31N3O5/c1-6-10-30-21-9-8-19(15-22(21)31-11-7-2)23-24(28-33-27-23)26-25(29)18(5)32-20-13-16(3)12-17(4)14-20/h8-9,12-15,18H,6-7,10-11H2,1-5H3,(H,26,28,29)/t18-/m1/s1. The Morgan fingerprint density at radius 2 is 1.64 bits per heavy atom. The zero-order valence-corrected chi connectivity index (χ0v) is 19.8. The van der Waals surface area contributed by atoms with Gasteiger partial charge in [0.1, 0.15) is 5.75 Å². The summed E-state index contributed by atoms with van der Waals surface area (Å²) < 4.78 is 22.4. The van der Waals surface area contributed by atoms with Crippen LogP contribution >= 0.6 is 0 Å². The lowest BCUT2D eigenvalue weighted by molar-refractivity contribution is -0.122. The number of carbonyl (C=O) groups is 1. The van der Waals surface area contributed by atoms with Gasteiger partial charge in [0.25, 0.3) is 5.91 Å². The summed E-state index contributed by atoms with van der Waals surface area (Å²) >= 11 is 0. The topological polar surface area (TPSA) is 95.7 Å². The van der Waals surface area contributed by atoms with E-state index in [0.717, 1.165) is 24.0 Å². The highest BCUT2D eigenvalue weighted by molar-refractivity contribution is 5.96. The molecule has 176 valence electrons. The fourth-order valence-electron chi connectivity index (χ4n) is 3.25. The molecular formula is C25H31N3O5. The van der Waals surface area contributed by atoms with Crippen LogP contribution < -0.4 is 19.5 Å². The third kappa shape index (κ3) is 6.47. The molecule has 1 aromatic heterocycles. The molecule has 0 saturated heterocycles. The number of aromatic nitrogens is 2. The first kappa shape index (κ1) is 24.1. The van der Waals surface area contributed by atoms with Gasteiger partial charge in [-0.15, -0.1) is 0 Å². The SMILES string of the molecule is CCCOc1ccc(-c2nonc2NC(=O)[C@@H](C)Oc2cc(C)cc(C)c2)cc1OCCC. The van der Waals surface area contributed by atoms with E-state index in [4.69, 9.17) is 18.8 Å². The van der Waals surface area contributed by atoms with Crippen molar-refractivity contribution in [2.45, 2.75) is 53.6 Å². The molecule has 1 amide bonds. The maximum absolute atomic E-state index is 12.8. The molecule has 0 aliphatic rings. The molecule has 0 radical (unpaired) electrons. The smallest absolute Gasteiger partial charge is 0.266 e. The summed E-state index contributed by atoms with van der Waals surface area (Å²) in [5, 5.41) is 10.6. The van der Waals surface area contributed by atoms with Crippen LogP contribution in [0.2, 0.25) is 0 Å². The largest absolute Gasteiger partial charge is 0.490 e. The van der Waals surface area contributed by atoms with E-state index in [9.17, 15) is 4.79 Å². The van der Waals surface area contributed by atoms with Crippen molar-refractivity contribution in [2.75, 3.05) is 18.5 Å². The lowest BCUT2D eigenvalue weighted by Gasteiger charge is -2.15. The predicted molar refractivity (Wildman–Crippen MR) is 126 cm³/mol. The van der Waals surface area contributed by atoms with Crippen molar-refractivity contribution in [2.24, 2.45) is 0 Å². The number of hydrogen-bond donors (Lipinski definition) is 1. The van der Waals surface area contributed by atoms with Crippen LogP contribution in [0.4, 0.5) is 5.82 Å². The normalized spacial score (nSPS) is 11.7. The number of hydrogen-bond acceptors (Lipinski definition) is 7. The number of nitrogens with zero attached hydrogens (tertiary/aromatic N) is 2. The van der Waals surface area contributed by atoms with Crippen molar-refractivity contribution >= 4 is 11.7 Å². The highest BCUT2D eigenvalue weighted by Crippen LogP contribution is 2.34. The van der Waals surface area contributed by atoms with E-state index in [-0.39, 0.29) is 11.7 Å². The predicted octanol–water partition coefficient (Wildman–Crippen LogP) is 5.34. The Kier molecular flexibility index (Phi) is 8.29. The van der Waals surface area contributed by atoms with E-state index >= 15 is 0 Å². The van der Waals surface area contributed by atoms with Crippen molar-refractivity contribution < 1.29 is 23.6 Å². The number of anilines is 1. The molecule has 0 unspecified atom stereocenters. The maximum Gasteiger partial charge on any atom is 0.266 e. The van der Waals surface area contributed by atoms with E-state index in [1.807, 2.05) is 64.1 Å². The summed E-state index contributed by atoms with van der Waals surface area (Å²) in [5.41, 5.74) is 3.20. The fourth-order valence-corrected chi connectivity index (χ4v) is 3.25. The van der Waals surface area contributed by atoms with Gasteiger partial charge in [-0.3, -0.25) is 4.79 Å². The quantitative estimate of drug-likeness (QED) is 0.419. The molecule has 8 nitrogen and oxygen atoms in total. The summed E-state index contributed by atoms with van der Waals surface area (Å²) in [4.78, 5) is 12.8. The fraction of sp³-hybridized carbons (Fsp3) is 0.400. The zero-order chi connectivity index (χ0) is 23.8. The van der Waals surface area contributed by atoms with Crippen LogP contribution in [0.15, 0.2) is 41.0 Å². The molecule has 0 aliphatic heterocycles. The van der Waals surface area contributed by atoms with E-state index in [0.29, 0.717) is 41.7 Å². The van der Waals surface area contributed by atoms with Crippen LogP contribution in [0, 0.1) is 13.8 Å². The lowest BCUT2D eigenvalue weighted by atomic mass is 10.1. The molecule has 3 aromatic rings. The summed E-state index contributed by atoms with van der Waals surface area (Å²) in [5.74, 6) is 1.74. The average molecular weight is 454 g/mol. The molecule has 0 aliphatic carbocycles. The number of nitrogens with one attached hydrogen (secondary N) is 1. The van der Waals surface area contributed by atoms with Crippen molar-refractivity contribution in [3.05, 3.63) is 47.5 Å². The Morgan fingerprint density at radius 3 is 2.30 bits per heavy atom. The third-order valence-electron chi connectivity index (χ3n) is 4.75. The monoisotopic (exact) mass is 453 g/mol. The molecule has 0 saturated carbocycles.